The monoisotopic (exact) mass is 318 g/mol. The summed E-state index contributed by atoms with van der Waals surface area (Å²) in [5, 5.41) is 18.0. The molecule has 0 spiro atoms. The van der Waals surface area contributed by atoms with Gasteiger partial charge in [0.2, 0.25) is 0 Å². The fourth-order valence-electron chi connectivity index (χ4n) is 2.00. The minimum absolute atomic E-state index is 0.00543. The Bertz CT molecular complexity index is 909. The number of aromatic nitrogens is 1. The first-order valence-electron chi connectivity index (χ1n) is 5.84. The normalized spacial score (nSPS) is 9.86. The molecule has 8 heteroatoms. The number of nitrogens with one attached hydrogen (secondary N) is 1. The number of nitriles is 2. The molecule has 0 unspecified atom stereocenters. The number of H-pyrrole nitrogens is 1. The summed E-state index contributed by atoms with van der Waals surface area (Å²) in [6.07, 6.45) is 0. The van der Waals surface area contributed by atoms with Crippen molar-refractivity contribution in [2.24, 2.45) is 0 Å². The number of halogens is 2. The van der Waals surface area contributed by atoms with E-state index < -0.39 is 11.4 Å². The van der Waals surface area contributed by atoms with Crippen LogP contribution >= 0.6 is 11.6 Å². The lowest BCUT2D eigenvalue weighted by atomic mass is 9.96. The molecule has 0 aliphatic heterocycles. The van der Waals surface area contributed by atoms with E-state index >= 15 is 0 Å². The Hall–Kier alpha value is -3.03. The standard InChI is InChI=1S/C14H8ClFN4O2/c1-22-9-3-2-6(11(15)12(9)16)10-7(4-17)13(19)20-14(21)8(10)5-18/h2-3H,1H3,(H3,19,20,21). The number of anilines is 1. The fraction of sp³-hybridized carbons (Fsp3) is 0.0714. The molecule has 110 valence electrons. The fourth-order valence-corrected chi connectivity index (χ4v) is 2.25. The number of methoxy groups -OCH3 is 1. The number of nitrogens with zero attached hydrogens (tertiary/aromatic N) is 2. The van der Waals surface area contributed by atoms with E-state index in [0.717, 1.165) is 0 Å². The van der Waals surface area contributed by atoms with Crippen LogP contribution in [0.4, 0.5) is 10.2 Å². The van der Waals surface area contributed by atoms with Gasteiger partial charge in [-0.05, 0) is 12.1 Å². The Morgan fingerprint density at radius 1 is 1.32 bits per heavy atom. The van der Waals surface area contributed by atoms with E-state index in [9.17, 15) is 14.4 Å². The summed E-state index contributed by atoms with van der Waals surface area (Å²) in [6.45, 7) is 0. The van der Waals surface area contributed by atoms with E-state index in [-0.39, 0.29) is 38.8 Å². The van der Waals surface area contributed by atoms with Crippen molar-refractivity contribution in [1.82, 2.24) is 4.98 Å². The first-order valence-corrected chi connectivity index (χ1v) is 6.22. The van der Waals surface area contributed by atoms with E-state index in [1.807, 2.05) is 0 Å². The quantitative estimate of drug-likeness (QED) is 0.880. The molecule has 22 heavy (non-hydrogen) atoms. The highest BCUT2D eigenvalue weighted by atomic mass is 35.5. The van der Waals surface area contributed by atoms with E-state index in [1.54, 1.807) is 12.1 Å². The summed E-state index contributed by atoms with van der Waals surface area (Å²) >= 11 is 5.95. The number of benzene rings is 1. The first kappa shape index (κ1) is 15.4. The molecular formula is C14H8ClFN4O2. The molecule has 1 heterocycles. The van der Waals surface area contributed by atoms with Gasteiger partial charge in [0.25, 0.3) is 5.56 Å². The second-order valence-electron chi connectivity index (χ2n) is 4.16. The van der Waals surface area contributed by atoms with Crippen molar-refractivity contribution < 1.29 is 9.13 Å². The Morgan fingerprint density at radius 2 is 1.95 bits per heavy atom. The lowest BCUT2D eigenvalue weighted by Crippen LogP contribution is -2.16. The molecule has 3 N–H and O–H groups in total. The van der Waals surface area contributed by atoms with Crippen molar-refractivity contribution >= 4 is 17.4 Å². The van der Waals surface area contributed by atoms with Gasteiger partial charge in [0.05, 0.1) is 12.1 Å². The van der Waals surface area contributed by atoms with E-state index in [0.29, 0.717) is 0 Å². The van der Waals surface area contributed by atoms with Gasteiger partial charge in [-0.2, -0.15) is 10.5 Å². The average Bonchev–Trinajstić information content (AvgIpc) is 2.49. The van der Waals surface area contributed by atoms with E-state index in [2.05, 4.69) is 4.98 Å². The van der Waals surface area contributed by atoms with Gasteiger partial charge in [0, 0.05) is 11.1 Å². The molecule has 0 saturated heterocycles. The molecule has 0 saturated carbocycles. The van der Waals surface area contributed by atoms with Gasteiger partial charge in [0.1, 0.15) is 29.1 Å². The van der Waals surface area contributed by atoms with Crippen LogP contribution in [0.1, 0.15) is 11.1 Å². The van der Waals surface area contributed by atoms with Crippen molar-refractivity contribution in [1.29, 1.82) is 10.5 Å². The van der Waals surface area contributed by atoms with Crippen LogP contribution in [0.5, 0.6) is 5.75 Å². The van der Waals surface area contributed by atoms with Crippen molar-refractivity contribution in [2.45, 2.75) is 0 Å². The van der Waals surface area contributed by atoms with Crippen LogP contribution in [0, 0.1) is 28.5 Å². The second kappa shape index (κ2) is 5.76. The summed E-state index contributed by atoms with van der Waals surface area (Å²) in [5.41, 5.74) is 4.15. The van der Waals surface area contributed by atoms with Gasteiger partial charge in [-0.15, -0.1) is 0 Å². The molecule has 1 aromatic heterocycles. The second-order valence-corrected chi connectivity index (χ2v) is 4.54. The molecule has 2 aromatic rings. The molecule has 2 rings (SSSR count). The summed E-state index contributed by atoms with van der Waals surface area (Å²) < 4.78 is 18.9. The molecule has 0 atom stereocenters. The smallest absolute Gasteiger partial charge is 0.268 e. The number of aromatic amines is 1. The largest absolute Gasteiger partial charge is 0.494 e. The Kier molecular flexibility index (Phi) is 4.02. The molecule has 0 amide bonds. The van der Waals surface area contributed by atoms with Crippen molar-refractivity contribution in [3.05, 3.63) is 44.5 Å². The number of rotatable bonds is 2. The van der Waals surface area contributed by atoms with Crippen molar-refractivity contribution in [3.8, 4) is 29.0 Å². The summed E-state index contributed by atoms with van der Waals surface area (Å²) in [7, 11) is 1.26. The predicted octanol–water partition coefficient (Wildman–Crippen LogP) is 2.17. The zero-order chi connectivity index (χ0) is 16.4. The van der Waals surface area contributed by atoms with Crippen molar-refractivity contribution in [3.63, 3.8) is 0 Å². The summed E-state index contributed by atoms with van der Waals surface area (Å²) in [4.78, 5) is 14.0. The van der Waals surface area contributed by atoms with Crippen LogP contribution in [0.25, 0.3) is 11.1 Å². The van der Waals surface area contributed by atoms with Gasteiger partial charge in [0.15, 0.2) is 11.6 Å². The lowest BCUT2D eigenvalue weighted by Gasteiger charge is -2.12. The van der Waals surface area contributed by atoms with Gasteiger partial charge in [-0.1, -0.05) is 11.6 Å². The highest BCUT2D eigenvalue weighted by molar-refractivity contribution is 6.33. The SMILES string of the molecule is COc1ccc(-c2c(C#N)c(N)[nH]c(=O)c2C#N)c(Cl)c1F. The molecule has 0 aliphatic carbocycles. The number of pyridine rings is 1. The van der Waals surface area contributed by atoms with Crippen LogP contribution in [-0.4, -0.2) is 12.1 Å². The van der Waals surface area contributed by atoms with Gasteiger partial charge < -0.3 is 15.5 Å². The highest BCUT2D eigenvalue weighted by Gasteiger charge is 2.22. The van der Waals surface area contributed by atoms with E-state index in [4.69, 9.17) is 27.3 Å². The van der Waals surface area contributed by atoms with E-state index in [1.165, 1.54) is 19.2 Å². The van der Waals surface area contributed by atoms with Crippen LogP contribution in [0.2, 0.25) is 5.02 Å². The van der Waals surface area contributed by atoms with Crippen LogP contribution < -0.4 is 16.0 Å². The number of ether oxygens (including phenoxy) is 1. The van der Waals surface area contributed by atoms with Crippen molar-refractivity contribution in [2.75, 3.05) is 12.8 Å². The number of nitrogen functional groups attached to an aromatic ring is 1. The molecule has 1 aromatic carbocycles. The van der Waals surface area contributed by atoms with Gasteiger partial charge in [-0.3, -0.25) is 4.79 Å². The Balaban J connectivity index is 2.96. The number of hydrogen-bond acceptors (Lipinski definition) is 5. The molecule has 0 bridgehead atoms. The minimum atomic E-state index is -0.867. The van der Waals surface area contributed by atoms with Crippen LogP contribution in [0.3, 0.4) is 0 Å². The lowest BCUT2D eigenvalue weighted by molar-refractivity contribution is 0.387. The highest BCUT2D eigenvalue weighted by Crippen LogP contribution is 2.37. The predicted molar refractivity (Wildman–Crippen MR) is 77.9 cm³/mol. The molecule has 0 aliphatic rings. The Labute approximate surface area is 129 Å². The number of nitrogens with two attached hydrogens (primary N) is 1. The van der Waals surface area contributed by atoms with Crippen LogP contribution in [0.15, 0.2) is 16.9 Å². The molecule has 0 radical (unpaired) electrons. The number of hydrogen-bond donors (Lipinski definition) is 2. The Morgan fingerprint density at radius 3 is 2.50 bits per heavy atom. The average molecular weight is 319 g/mol. The third-order valence-electron chi connectivity index (χ3n) is 3.00. The van der Waals surface area contributed by atoms with Gasteiger partial charge >= 0.3 is 0 Å². The topological polar surface area (TPSA) is 116 Å². The summed E-state index contributed by atoms with van der Waals surface area (Å²) in [5.74, 6) is -1.20. The molecular weight excluding hydrogens is 311 g/mol. The minimum Gasteiger partial charge on any atom is -0.494 e. The molecule has 0 fully saturated rings. The zero-order valence-corrected chi connectivity index (χ0v) is 12.0. The zero-order valence-electron chi connectivity index (χ0n) is 11.2. The third-order valence-corrected chi connectivity index (χ3v) is 3.37. The maximum absolute atomic E-state index is 14.1. The third kappa shape index (κ3) is 2.24. The maximum Gasteiger partial charge on any atom is 0.268 e. The first-order chi connectivity index (χ1) is 10.5. The molecule has 6 nitrogen and oxygen atoms in total. The summed E-state index contributed by atoms with van der Waals surface area (Å²) in [6, 6.07) is 6.08. The van der Waals surface area contributed by atoms with Crippen LogP contribution in [-0.2, 0) is 0 Å². The maximum atomic E-state index is 14.1. The van der Waals surface area contributed by atoms with Gasteiger partial charge in [-0.25, -0.2) is 4.39 Å².